The van der Waals surface area contributed by atoms with Crippen LogP contribution in [0.25, 0.3) is 5.57 Å². The first kappa shape index (κ1) is 31.6. The van der Waals surface area contributed by atoms with Gasteiger partial charge in [-0.05, 0) is 31.0 Å². The van der Waals surface area contributed by atoms with E-state index >= 15 is 0 Å². The Kier molecular flexibility index (Phi) is 8.55. The molecule has 1 heterocycles. The zero-order valence-corrected chi connectivity index (χ0v) is 21.4. The first-order chi connectivity index (χ1) is 18.2. The van der Waals surface area contributed by atoms with Crippen molar-refractivity contribution in [3.63, 3.8) is 0 Å². The third kappa shape index (κ3) is 6.05. The average Bonchev–Trinajstić information content (AvgIpc) is 3.67. The number of nitrogens with one attached hydrogen (secondary N) is 1. The van der Waals surface area contributed by atoms with E-state index in [-0.39, 0.29) is 34.0 Å². The SMILES string of the molecule is CN(C(=O)c1cc(/C(C=N)=C/[NH2+]c2c(Cl)cc(C(F)(C(F)(F)F)C(F)(F)F)cc2C(F)(F)F)cnc1Cl)C1CC1. The second-order valence-electron chi connectivity index (χ2n) is 8.71. The summed E-state index contributed by atoms with van der Waals surface area (Å²) in [5.74, 6) is -0.516. The van der Waals surface area contributed by atoms with Gasteiger partial charge in [-0.3, -0.25) is 10.1 Å². The van der Waals surface area contributed by atoms with Gasteiger partial charge in [-0.25, -0.2) is 9.37 Å². The minimum absolute atomic E-state index is 0.0121. The number of quaternary nitrogens is 1. The minimum Gasteiger partial charge on any atom is -0.339 e. The number of allylic oxidation sites excluding steroid dienone is 1. The highest BCUT2D eigenvalue weighted by Crippen LogP contribution is 2.54. The molecule has 0 saturated heterocycles. The molecule has 1 aromatic heterocycles. The van der Waals surface area contributed by atoms with E-state index < -0.39 is 58.0 Å². The van der Waals surface area contributed by atoms with Crippen LogP contribution >= 0.6 is 23.2 Å². The number of halogens is 12. The first-order valence-electron chi connectivity index (χ1n) is 11.0. The Morgan fingerprint density at radius 3 is 2.08 bits per heavy atom. The van der Waals surface area contributed by atoms with Crippen molar-refractivity contribution < 1.29 is 54.0 Å². The van der Waals surface area contributed by atoms with Gasteiger partial charge in [0, 0.05) is 36.6 Å². The van der Waals surface area contributed by atoms with Gasteiger partial charge in [0.2, 0.25) is 0 Å². The normalized spacial score (nSPS) is 15.3. The Bertz CT molecular complexity index is 1340. The van der Waals surface area contributed by atoms with Gasteiger partial charge in [0.1, 0.15) is 21.9 Å². The van der Waals surface area contributed by atoms with Gasteiger partial charge in [-0.2, -0.15) is 39.5 Å². The van der Waals surface area contributed by atoms with Crippen LogP contribution < -0.4 is 5.32 Å². The molecule has 1 aromatic carbocycles. The van der Waals surface area contributed by atoms with E-state index in [0.717, 1.165) is 25.2 Å². The fraction of sp³-hybridized carbons (Fsp3) is 0.348. The molecule has 1 aliphatic rings. The van der Waals surface area contributed by atoms with Crippen molar-refractivity contribution in [1.82, 2.24) is 9.88 Å². The largest absolute Gasteiger partial charge is 0.435 e. The molecule has 1 aliphatic carbocycles. The van der Waals surface area contributed by atoms with Crippen LogP contribution in [0.4, 0.5) is 49.6 Å². The lowest BCUT2D eigenvalue weighted by Gasteiger charge is -2.31. The maximum Gasteiger partial charge on any atom is 0.435 e. The number of benzene rings is 1. The van der Waals surface area contributed by atoms with Crippen molar-refractivity contribution in [3.05, 3.63) is 63.0 Å². The van der Waals surface area contributed by atoms with E-state index in [2.05, 4.69) is 4.98 Å². The lowest BCUT2D eigenvalue weighted by Crippen LogP contribution is -2.72. The Balaban J connectivity index is 2.09. The summed E-state index contributed by atoms with van der Waals surface area (Å²) in [4.78, 5) is 18.0. The van der Waals surface area contributed by atoms with E-state index in [1.54, 1.807) is 0 Å². The molecule has 3 N–H and O–H groups in total. The number of hydrogen-bond acceptors (Lipinski definition) is 3. The molecule has 0 radical (unpaired) electrons. The van der Waals surface area contributed by atoms with Crippen molar-refractivity contribution >= 4 is 46.6 Å². The third-order valence-corrected chi connectivity index (χ3v) is 6.63. The van der Waals surface area contributed by atoms with Crippen LogP contribution in [0.2, 0.25) is 10.2 Å². The van der Waals surface area contributed by atoms with E-state index in [9.17, 15) is 48.7 Å². The van der Waals surface area contributed by atoms with Crippen LogP contribution in [-0.2, 0) is 11.8 Å². The molecule has 0 bridgehead atoms. The first-order valence-corrected chi connectivity index (χ1v) is 11.7. The summed E-state index contributed by atoms with van der Waals surface area (Å²) < 4.78 is 135. The van der Waals surface area contributed by atoms with Crippen LogP contribution in [0.3, 0.4) is 0 Å². The van der Waals surface area contributed by atoms with Crippen LogP contribution in [0.5, 0.6) is 0 Å². The number of pyridine rings is 1. The minimum atomic E-state index is -6.67. The van der Waals surface area contributed by atoms with Gasteiger partial charge in [0.05, 0.1) is 11.1 Å². The average molecular weight is 626 g/mol. The lowest BCUT2D eigenvalue weighted by molar-refractivity contribution is -0.497. The van der Waals surface area contributed by atoms with E-state index in [1.165, 1.54) is 18.0 Å². The number of rotatable bonds is 7. The van der Waals surface area contributed by atoms with Crippen molar-refractivity contribution in [3.8, 4) is 0 Å². The number of carbonyl (C=O) groups is 1. The molecular weight excluding hydrogens is 609 g/mol. The van der Waals surface area contributed by atoms with E-state index in [4.69, 9.17) is 28.6 Å². The van der Waals surface area contributed by atoms with Crippen LogP contribution in [0.1, 0.15) is 39.9 Å². The highest BCUT2D eigenvalue weighted by atomic mass is 35.5. The third-order valence-electron chi connectivity index (χ3n) is 6.02. The summed E-state index contributed by atoms with van der Waals surface area (Å²) in [7, 11) is 1.53. The Morgan fingerprint density at radius 1 is 1.02 bits per heavy atom. The van der Waals surface area contributed by atoms with Crippen LogP contribution in [0.15, 0.2) is 30.6 Å². The van der Waals surface area contributed by atoms with Crippen LogP contribution in [0, 0.1) is 5.41 Å². The highest BCUT2D eigenvalue weighted by molar-refractivity contribution is 6.33. The summed E-state index contributed by atoms with van der Waals surface area (Å²) >= 11 is 11.7. The fourth-order valence-corrected chi connectivity index (χ4v) is 4.15. The zero-order valence-electron chi connectivity index (χ0n) is 19.9. The van der Waals surface area contributed by atoms with Crippen molar-refractivity contribution in [1.29, 1.82) is 5.41 Å². The maximum absolute atomic E-state index is 14.5. The van der Waals surface area contributed by atoms with Gasteiger partial charge in [-0.1, -0.05) is 23.2 Å². The number of carbonyl (C=O) groups excluding carboxylic acids is 1. The summed E-state index contributed by atoms with van der Waals surface area (Å²) in [6.07, 6.45) is -14.8. The molecule has 0 spiro atoms. The molecule has 0 atom stereocenters. The number of aromatic nitrogens is 1. The van der Waals surface area contributed by atoms with Gasteiger partial charge in [0.15, 0.2) is 5.69 Å². The number of nitrogens with two attached hydrogens (primary N) is 1. The monoisotopic (exact) mass is 625 g/mol. The molecule has 0 unspecified atom stereocenters. The van der Waals surface area contributed by atoms with Crippen LogP contribution in [-0.4, -0.2) is 47.4 Å². The van der Waals surface area contributed by atoms with Gasteiger partial charge in [0.25, 0.3) is 5.91 Å². The molecule has 2 aromatic rings. The molecule has 1 saturated carbocycles. The predicted octanol–water partition coefficient (Wildman–Crippen LogP) is 6.82. The Morgan fingerprint density at radius 2 is 1.60 bits per heavy atom. The van der Waals surface area contributed by atoms with E-state index in [1.807, 2.05) is 0 Å². The van der Waals surface area contributed by atoms with Gasteiger partial charge in [-0.15, -0.1) is 0 Å². The van der Waals surface area contributed by atoms with Gasteiger partial charge >= 0.3 is 24.2 Å². The second-order valence-corrected chi connectivity index (χ2v) is 9.48. The molecule has 1 amide bonds. The molecule has 0 aliphatic heterocycles. The smallest absolute Gasteiger partial charge is 0.339 e. The number of amides is 1. The number of alkyl halides is 10. The lowest BCUT2D eigenvalue weighted by atomic mass is 9.92. The molecule has 40 heavy (non-hydrogen) atoms. The fourth-order valence-electron chi connectivity index (χ4n) is 3.68. The summed E-state index contributed by atoms with van der Waals surface area (Å²) in [5.41, 5.74) is -12.0. The summed E-state index contributed by atoms with van der Waals surface area (Å²) in [6.45, 7) is 0. The standard InChI is InChI=1S/C23H16Cl2F10N4O/c1-39(13-2-3-13)19(40)14-4-10(8-38-18(14)25)11(7-36)9-37-17-15(21(27,28)29)5-12(6-16(17)24)20(26,22(30,31)32)23(33,34)35/h4-9,13,36-37H,2-3H2,1H3/p+1/b11-9+,36-7?. The van der Waals surface area contributed by atoms with Crippen molar-refractivity contribution in [2.45, 2.75) is 43.1 Å². The van der Waals surface area contributed by atoms with Gasteiger partial charge < -0.3 is 10.3 Å². The number of nitrogens with zero attached hydrogens (tertiary/aromatic N) is 2. The Hall–Kier alpha value is -2.91. The van der Waals surface area contributed by atoms with Crippen molar-refractivity contribution in [2.75, 3.05) is 7.05 Å². The summed E-state index contributed by atoms with van der Waals surface area (Å²) in [5, 5.41) is 6.71. The molecule has 3 rings (SSSR count). The van der Waals surface area contributed by atoms with E-state index in [0.29, 0.717) is 11.5 Å². The molecule has 218 valence electrons. The predicted molar refractivity (Wildman–Crippen MR) is 124 cm³/mol. The topological polar surface area (TPSA) is 73.7 Å². The zero-order chi connectivity index (χ0) is 30.4. The Labute approximate surface area is 229 Å². The maximum atomic E-state index is 14.5. The highest BCUT2D eigenvalue weighted by Gasteiger charge is 2.73. The molecular formula is C23H17Cl2F10N4O+. The second kappa shape index (κ2) is 10.8. The van der Waals surface area contributed by atoms with Crippen molar-refractivity contribution in [2.24, 2.45) is 0 Å². The summed E-state index contributed by atoms with van der Waals surface area (Å²) in [6, 6.07) is 0.378. The quantitative estimate of drug-likeness (QED) is 0.153. The molecule has 5 nitrogen and oxygen atoms in total. The number of hydrogen-bond donors (Lipinski definition) is 2. The molecule has 1 fully saturated rings. The molecule has 17 heteroatoms.